The zero-order valence-corrected chi connectivity index (χ0v) is 14.0. The van der Waals surface area contributed by atoms with E-state index in [1.165, 1.54) is 23.5 Å². The van der Waals surface area contributed by atoms with E-state index < -0.39 is 15.8 Å². The number of hydrogen-bond acceptors (Lipinski definition) is 5. The largest absolute Gasteiger partial charge is 0.494 e. The van der Waals surface area contributed by atoms with E-state index in [2.05, 4.69) is 10.3 Å². The number of hydrogen-bond donors (Lipinski definition) is 1. The predicted molar refractivity (Wildman–Crippen MR) is 86.7 cm³/mol. The molecule has 1 aliphatic rings. The Labute approximate surface area is 140 Å². The van der Waals surface area contributed by atoms with E-state index in [4.69, 9.17) is 4.74 Å². The number of nitrogens with zero attached hydrogens (tertiary/aromatic N) is 2. The summed E-state index contributed by atoms with van der Waals surface area (Å²) in [7, 11) is -2.50. The van der Waals surface area contributed by atoms with Gasteiger partial charge in [0, 0.05) is 32.0 Å². The first-order chi connectivity index (χ1) is 11.5. The summed E-state index contributed by atoms with van der Waals surface area (Å²) in [5.74, 6) is -0.690. The fraction of sp³-hybridized carbons (Fsp3) is 0.312. The fourth-order valence-corrected chi connectivity index (χ4v) is 4.40. The summed E-state index contributed by atoms with van der Waals surface area (Å²) in [6.45, 7) is 1.31. The molecule has 2 aromatic rings. The highest BCUT2D eigenvalue weighted by Crippen LogP contribution is 2.30. The molecular formula is C16H18FN3O3S. The molecule has 1 aromatic heterocycles. The molecule has 1 aromatic carbocycles. The first-order valence-electron chi connectivity index (χ1n) is 7.50. The van der Waals surface area contributed by atoms with E-state index in [0.29, 0.717) is 19.6 Å². The van der Waals surface area contributed by atoms with Gasteiger partial charge in [-0.25, -0.2) is 12.8 Å². The standard InChI is InChI=1S/C16H18FN3O3S/c1-23-16-5-4-13(9-14(16)17)24(21,22)20-8-7-19-11-15(20)12-3-2-6-18-10-12/h2-6,9-10,15,19H,7-8,11H2,1H3. The highest BCUT2D eigenvalue weighted by atomic mass is 32.2. The van der Waals surface area contributed by atoms with Crippen molar-refractivity contribution in [3.8, 4) is 5.75 Å². The number of methoxy groups -OCH3 is 1. The molecule has 8 heteroatoms. The topological polar surface area (TPSA) is 71.5 Å². The van der Waals surface area contributed by atoms with Gasteiger partial charge in [-0.15, -0.1) is 0 Å². The Hall–Kier alpha value is -2.03. The van der Waals surface area contributed by atoms with Crippen LogP contribution in [0, 0.1) is 5.82 Å². The quantitative estimate of drug-likeness (QED) is 0.905. The normalized spacial score (nSPS) is 19.2. The minimum absolute atomic E-state index is 0.0121. The number of sulfonamides is 1. The monoisotopic (exact) mass is 351 g/mol. The SMILES string of the molecule is COc1ccc(S(=O)(=O)N2CCNCC2c2cccnc2)cc1F. The lowest BCUT2D eigenvalue weighted by molar-refractivity contribution is 0.271. The molecule has 1 atom stereocenters. The van der Waals surface area contributed by atoms with Gasteiger partial charge in [0.05, 0.1) is 18.0 Å². The van der Waals surface area contributed by atoms with E-state index in [1.807, 2.05) is 6.07 Å². The van der Waals surface area contributed by atoms with E-state index >= 15 is 0 Å². The van der Waals surface area contributed by atoms with Crippen molar-refractivity contribution >= 4 is 10.0 Å². The molecular weight excluding hydrogens is 333 g/mol. The molecule has 0 aliphatic carbocycles. The van der Waals surface area contributed by atoms with Crippen LogP contribution in [-0.4, -0.2) is 44.5 Å². The lowest BCUT2D eigenvalue weighted by Gasteiger charge is -2.35. The molecule has 1 aliphatic heterocycles. The molecule has 1 unspecified atom stereocenters. The van der Waals surface area contributed by atoms with Crippen LogP contribution < -0.4 is 10.1 Å². The zero-order chi connectivity index (χ0) is 17.2. The lowest BCUT2D eigenvalue weighted by Crippen LogP contribution is -2.48. The van der Waals surface area contributed by atoms with Gasteiger partial charge in [-0.05, 0) is 29.8 Å². The maximum absolute atomic E-state index is 13.9. The first kappa shape index (κ1) is 16.8. The van der Waals surface area contributed by atoms with Gasteiger partial charge in [0.15, 0.2) is 11.6 Å². The molecule has 1 fully saturated rings. The third kappa shape index (κ3) is 3.12. The Bertz CT molecular complexity index is 815. The molecule has 1 N–H and O–H groups in total. The van der Waals surface area contributed by atoms with Crippen molar-refractivity contribution in [2.45, 2.75) is 10.9 Å². The Morgan fingerprint density at radius 2 is 2.21 bits per heavy atom. The van der Waals surface area contributed by atoms with Crippen molar-refractivity contribution in [1.82, 2.24) is 14.6 Å². The van der Waals surface area contributed by atoms with Crippen LogP contribution in [0.15, 0.2) is 47.6 Å². The Morgan fingerprint density at radius 1 is 1.38 bits per heavy atom. The minimum atomic E-state index is -3.84. The van der Waals surface area contributed by atoms with Crippen LogP contribution in [-0.2, 0) is 10.0 Å². The van der Waals surface area contributed by atoms with Crippen LogP contribution in [0.3, 0.4) is 0 Å². The molecule has 3 rings (SSSR count). The third-order valence-corrected chi connectivity index (χ3v) is 5.90. The van der Waals surface area contributed by atoms with Crippen molar-refractivity contribution in [3.05, 3.63) is 54.1 Å². The average Bonchev–Trinajstić information content (AvgIpc) is 2.62. The van der Waals surface area contributed by atoms with E-state index in [9.17, 15) is 12.8 Å². The number of aromatic nitrogens is 1. The van der Waals surface area contributed by atoms with Gasteiger partial charge >= 0.3 is 0 Å². The maximum atomic E-state index is 13.9. The molecule has 0 spiro atoms. The van der Waals surface area contributed by atoms with Crippen LogP contribution in [0.2, 0.25) is 0 Å². The molecule has 1 saturated heterocycles. The van der Waals surface area contributed by atoms with Crippen molar-refractivity contribution < 1.29 is 17.5 Å². The second-order valence-electron chi connectivity index (χ2n) is 5.42. The van der Waals surface area contributed by atoms with Crippen molar-refractivity contribution in [2.24, 2.45) is 0 Å². The van der Waals surface area contributed by atoms with Gasteiger partial charge in [-0.3, -0.25) is 4.98 Å². The summed E-state index contributed by atoms with van der Waals surface area (Å²) < 4.78 is 46.2. The molecule has 2 heterocycles. The highest BCUT2D eigenvalue weighted by molar-refractivity contribution is 7.89. The number of benzene rings is 1. The molecule has 0 radical (unpaired) electrons. The molecule has 0 amide bonds. The first-order valence-corrected chi connectivity index (χ1v) is 8.94. The van der Waals surface area contributed by atoms with Gasteiger partial charge in [-0.2, -0.15) is 4.31 Å². The summed E-state index contributed by atoms with van der Waals surface area (Å²) >= 11 is 0. The van der Waals surface area contributed by atoms with Crippen molar-refractivity contribution in [1.29, 1.82) is 0 Å². The highest BCUT2D eigenvalue weighted by Gasteiger charge is 2.34. The van der Waals surface area contributed by atoms with Gasteiger partial charge in [-0.1, -0.05) is 6.07 Å². The molecule has 24 heavy (non-hydrogen) atoms. The minimum Gasteiger partial charge on any atom is -0.494 e. The van der Waals surface area contributed by atoms with Gasteiger partial charge < -0.3 is 10.1 Å². The van der Waals surface area contributed by atoms with Gasteiger partial charge in [0.1, 0.15) is 0 Å². The van der Waals surface area contributed by atoms with E-state index in [1.54, 1.807) is 18.5 Å². The van der Waals surface area contributed by atoms with Crippen molar-refractivity contribution in [2.75, 3.05) is 26.7 Å². The smallest absolute Gasteiger partial charge is 0.243 e. The second-order valence-corrected chi connectivity index (χ2v) is 7.31. The van der Waals surface area contributed by atoms with Crippen LogP contribution in [0.1, 0.15) is 11.6 Å². The number of pyridine rings is 1. The predicted octanol–water partition coefficient (Wildman–Crippen LogP) is 1.56. The van der Waals surface area contributed by atoms with Crippen molar-refractivity contribution in [3.63, 3.8) is 0 Å². The van der Waals surface area contributed by atoms with Gasteiger partial charge in [0.2, 0.25) is 10.0 Å². The summed E-state index contributed by atoms with van der Waals surface area (Å²) in [5.41, 5.74) is 0.794. The Kier molecular flexibility index (Phi) is 4.79. The van der Waals surface area contributed by atoms with Crippen LogP contribution >= 0.6 is 0 Å². The average molecular weight is 351 g/mol. The molecule has 128 valence electrons. The zero-order valence-electron chi connectivity index (χ0n) is 13.1. The number of piperazine rings is 1. The fourth-order valence-electron chi connectivity index (χ4n) is 2.77. The number of rotatable bonds is 4. The van der Waals surface area contributed by atoms with Gasteiger partial charge in [0.25, 0.3) is 0 Å². The maximum Gasteiger partial charge on any atom is 0.243 e. The van der Waals surface area contributed by atoms with Crippen LogP contribution in [0.5, 0.6) is 5.75 Å². The van der Waals surface area contributed by atoms with E-state index in [-0.39, 0.29) is 16.7 Å². The van der Waals surface area contributed by atoms with Crippen LogP contribution in [0.25, 0.3) is 0 Å². The molecule has 6 nitrogen and oxygen atoms in total. The lowest BCUT2D eigenvalue weighted by atomic mass is 10.1. The summed E-state index contributed by atoms with van der Waals surface area (Å²) in [6.07, 6.45) is 3.28. The molecule has 0 bridgehead atoms. The number of nitrogens with one attached hydrogen (secondary N) is 1. The third-order valence-electron chi connectivity index (χ3n) is 3.99. The number of ether oxygens (including phenoxy) is 1. The van der Waals surface area contributed by atoms with E-state index in [0.717, 1.165) is 11.6 Å². The summed E-state index contributed by atoms with van der Waals surface area (Å²) in [6, 6.07) is 6.89. The summed E-state index contributed by atoms with van der Waals surface area (Å²) in [5, 5.41) is 3.19. The second kappa shape index (κ2) is 6.84. The Balaban J connectivity index is 1.99. The van der Waals surface area contributed by atoms with Crippen LogP contribution in [0.4, 0.5) is 4.39 Å². The Morgan fingerprint density at radius 3 is 2.88 bits per heavy atom. The summed E-state index contributed by atoms with van der Waals surface area (Å²) in [4.78, 5) is 3.97. The number of halogens is 1. The molecule has 0 saturated carbocycles.